The van der Waals surface area contributed by atoms with Crippen molar-refractivity contribution in [3.63, 3.8) is 0 Å². The normalized spacial score (nSPS) is 25.8. The molecule has 8 rings (SSSR count). The van der Waals surface area contributed by atoms with E-state index in [1.807, 2.05) is 0 Å². The zero-order valence-electron chi connectivity index (χ0n) is 41.4. The molecule has 0 aromatic heterocycles. The lowest BCUT2D eigenvalue weighted by atomic mass is 9.42. The van der Waals surface area contributed by atoms with Gasteiger partial charge in [-0.15, -0.1) is 0 Å². The number of methoxy groups -OCH3 is 3. The highest BCUT2D eigenvalue weighted by Gasteiger charge is 2.58. The number of rotatable bonds is 27. The molecule has 3 aromatic carbocycles. The maximum Gasteiger partial charge on any atom is 0.118 e. The van der Waals surface area contributed by atoms with Crippen molar-refractivity contribution in [1.29, 1.82) is 0 Å². The second kappa shape index (κ2) is 24.6. The van der Waals surface area contributed by atoms with Gasteiger partial charge in [-0.25, -0.2) is 0 Å². The smallest absolute Gasteiger partial charge is 0.118 e. The summed E-state index contributed by atoms with van der Waals surface area (Å²) in [6, 6.07) is 27.9. The standard InChI is InChI=1S/C58H89N3O3/c1-7-8-36-61(44-50-25-32-55(64-6)33-26-50)57-40-51-39-56(45(57)2)58(51,3)34-14-10-15-37-60(43-49-23-30-54(63-5)31-24-49)52-27-20-46(38-52)17-13-16-35-59(41-47-18-11-9-12-19-47)42-48-21-28-53(62-4)29-22-48/h21-26,28-33,45-47,51-52,56-57H,7-20,27,34-44H2,1-6H3/t45-,46?,51+,52?,56-,57-,58?/m1/s1. The third-order valence-electron chi connectivity index (χ3n) is 17.3. The van der Waals surface area contributed by atoms with Gasteiger partial charge >= 0.3 is 0 Å². The Morgan fingerprint density at radius 1 is 0.562 bits per heavy atom. The molecule has 3 unspecified atom stereocenters. The van der Waals surface area contributed by atoms with Crippen molar-refractivity contribution in [2.75, 3.05) is 47.5 Å². The summed E-state index contributed by atoms with van der Waals surface area (Å²) < 4.78 is 16.4. The largest absolute Gasteiger partial charge is 0.497 e. The molecule has 5 saturated carbocycles. The lowest BCUT2D eigenvalue weighted by Gasteiger charge is -2.65. The van der Waals surface area contributed by atoms with Crippen LogP contribution in [0.25, 0.3) is 0 Å². The lowest BCUT2D eigenvalue weighted by Crippen LogP contribution is -2.61. The zero-order chi connectivity index (χ0) is 44.7. The van der Waals surface area contributed by atoms with Gasteiger partial charge in [0.25, 0.3) is 0 Å². The third kappa shape index (κ3) is 13.3. The van der Waals surface area contributed by atoms with Gasteiger partial charge in [-0.2, -0.15) is 0 Å². The van der Waals surface area contributed by atoms with Crippen LogP contribution >= 0.6 is 0 Å². The molecule has 6 heteroatoms. The minimum Gasteiger partial charge on any atom is -0.497 e. The molecule has 5 aliphatic carbocycles. The maximum atomic E-state index is 5.53. The van der Waals surface area contributed by atoms with E-state index in [1.54, 1.807) is 21.3 Å². The SMILES string of the molecule is CCCCN(Cc1ccc(OC)cc1)[C@@H]1C[C@@H]2C[C@H]([C@H]1C)C2(C)CCCCCN(Cc1ccc(OC)cc1)C1CCC(CCCCN(Cc2ccc(OC)cc2)CC2CCCCC2)C1. The summed E-state index contributed by atoms with van der Waals surface area (Å²) >= 11 is 0. The number of hydrogen-bond acceptors (Lipinski definition) is 6. The van der Waals surface area contributed by atoms with Crippen LogP contribution in [0.5, 0.6) is 17.2 Å². The first kappa shape index (κ1) is 48.9. The molecule has 354 valence electrons. The van der Waals surface area contributed by atoms with E-state index in [0.717, 1.165) is 66.5 Å². The fourth-order valence-corrected chi connectivity index (χ4v) is 13.2. The van der Waals surface area contributed by atoms with Gasteiger partial charge in [0.05, 0.1) is 21.3 Å². The van der Waals surface area contributed by atoms with E-state index in [9.17, 15) is 0 Å². The second-order valence-corrected chi connectivity index (χ2v) is 21.4. The van der Waals surface area contributed by atoms with E-state index >= 15 is 0 Å². The van der Waals surface area contributed by atoms with Crippen LogP contribution in [0.2, 0.25) is 0 Å². The molecule has 6 nitrogen and oxygen atoms in total. The Hall–Kier alpha value is -3.06. The van der Waals surface area contributed by atoms with E-state index in [4.69, 9.17) is 14.2 Å². The van der Waals surface area contributed by atoms with Crippen LogP contribution in [0, 0.1) is 35.0 Å². The Kier molecular flexibility index (Phi) is 18.8. The molecule has 0 N–H and O–H groups in total. The Bertz CT molecular complexity index is 1760. The van der Waals surface area contributed by atoms with Gasteiger partial charge in [0.15, 0.2) is 0 Å². The molecule has 5 aliphatic rings. The molecule has 0 amide bonds. The zero-order valence-corrected chi connectivity index (χ0v) is 41.4. The first-order valence-electron chi connectivity index (χ1n) is 26.4. The Labute approximate surface area is 391 Å². The molecule has 3 aromatic rings. The Balaban J connectivity index is 0.878. The van der Waals surface area contributed by atoms with Crippen LogP contribution in [-0.2, 0) is 19.6 Å². The fourth-order valence-electron chi connectivity index (χ4n) is 13.2. The van der Waals surface area contributed by atoms with Gasteiger partial charge in [-0.1, -0.05) is 109 Å². The van der Waals surface area contributed by atoms with Crippen molar-refractivity contribution in [3.05, 3.63) is 89.5 Å². The molecule has 7 atom stereocenters. The van der Waals surface area contributed by atoms with Crippen molar-refractivity contribution in [2.24, 2.45) is 35.0 Å². The van der Waals surface area contributed by atoms with Gasteiger partial charge in [0.1, 0.15) is 17.2 Å². The predicted molar refractivity (Wildman–Crippen MR) is 267 cm³/mol. The van der Waals surface area contributed by atoms with Crippen molar-refractivity contribution < 1.29 is 14.2 Å². The summed E-state index contributed by atoms with van der Waals surface area (Å²) in [6.45, 7) is 15.8. The molecule has 64 heavy (non-hydrogen) atoms. The summed E-state index contributed by atoms with van der Waals surface area (Å²) in [6.07, 6.45) is 26.2. The van der Waals surface area contributed by atoms with Gasteiger partial charge in [-0.05, 0) is 178 Å². The number of nitrogens with zero attached hydrogens (tertiary/aromatic N) is 3. The van der Waals surface area contributed by atoms with Crippen LogP contribution in [0.1, 0.15) is 159 Å². The summed E-state index contributed by atoms with van der Waals surface area (Å²) in [4.78, 5) is 8.54. The highest BCUT2D eigenvalue weighted by molar-refractivity contribution is 5.29. The van der Waals surface area contributed by atoms with Crippen LogP contribution in [0.15, 0.2) is 72.8 Å². The first-order chi connectivity index (χ1) is 31.3. The average Bonchev–Trinajstić information content (AvgIpc) is 3.81. The molecule has 0 aliphatic heterocycles. The maximum absolute atomic E-state index is 5.53. The number of ether oxygens (including phenoxy) is 3. The van der Waals surface area contributed by atoms with Crippen LogP contribution in [0.4, 0.5) is 0 Å². The third-order valence-corrected chi connectivity index (χ3v) is 17.3. The Morgan fingerprint density at radius 2 is 1.14 bits per heavy atom. The van der Waals surface area contributed by atoms with Gasteiger partial charge < -0.3 is 14.2 Å². The summed E-state index contributed by atoms with van der Waals surface area (Å²) in [5, 5.41) is 0. The van der Waals surface area contributed by atoms with Crippen LogP contribution < -0.4 is 14.2 Å². The average molecular weight is 876 g/mol. The predicted octanol–water partition coefficient (Wildman–Crippen LogP) is 13.8. The molecule has 0 radical (unpaired) electrons. The number of benzene rings is 3. The fraction of sp³-hybridized carbons (Fsp3) is 0.690. The van der Waals surface area contributed by atoms with Crippen LogP contribution in [-0.4, -0.2) is 74.3 Å². The van der Waals surface area contributed by atoms with Crippen molar-refractivity contribution in [3.8, 4) is 17.2 Å². The van der Waals surface area contributed by atoms with E-state index in [2.05, 4.69) is 108 Å². The summed E-state index contributed by atoms with van der Waals surface area (Å²) in [7, 11) is 5.30. The Morgan fingerprint density at radius 3 is 1.73 bits per heavy atom. The molecular weight excluding hydrogens is 787 g/mol. The van der Waals surface area contributed by atoms with E-state index in [0.29, 0.717) is 17.5 Å². The van der Waals surface area contributed by atoms with Gasteiger partial charge in [-0.3, -0.25) is 14.7 Å². The minimum absolute atomic E-state index is 0.524. The lowest BCUT2D eigenvalue weighted by molar-refractivity contribution is -0.155. The first-order valence-corrected chi connectivity index (χ1v) is 26.4. The molecule has 2 bridgehead atoms. The number of fused-ring (bicyclic) bond motifs is 2. The molecule has 5 fully saturated rings. The van der Waals surface area contributed by atoms with E-state index < -0.39 is 0 Å². The monoisotopic (exact) mass is 876 g/mol. The van der Waals surface area contributed by atoms with E-state index in [-0.39, 0.29) is 0 Å². The van der Waals surface area contributed by atoms with Gasteiger partial charge in [0.2, 0.25) is 0 Å². The molecule has 0 saturated heterocycles. The topological polar surface area (TPSA) is 37.4 Å². The van der Waals surface area contributed by atoms with E-state index in [1.165, 1.54) is 165 Å². The second-order valence-electron chi connectivity index (χ2n) is 21.4. The quantitative estimate of drug-likeness (QED) is 0.0711. The molecule has 0 heterocycles. The number of hydrogen-bond donors (Lipinski definition) is 0. The highest BCUT2D eigenvalue weighted by Crippen LogP contribution is 2.64. The minimum atomic E-state index is 0.524. The summed E-state index contributed by atoms with van der Waals surface area (Å²) in [5.41, 5.74) is 4.79. The van der Waals surface area contributed by atoms with Gasteiger partial charge in [0, 0.05) is 38.3 Å². The van der Waals surface area contributed by atoms with Crippen LogP contribution in [0.3, 0.4) is 0 Å². The highest BCUT2D eigenvalue weighted by atomic mass is 16.5. The van der Waals surface area contributed by atoms with Crippen molar-refractivity contribution in [2.45, 2.75) is 174 Å². The van der Waals surface area contributed by atoms with Crippen molar-refractivity contribution in [1.82, 2.24) is 14.7 Å². The molecule has 0 spiro atoms. The number of unbranched alkanes of at least 4 members (excludes halogenated alkanes) is 4. The van der Waals surface area contributed by atoms with Crippen molar-refractivity contribution >= 4 is 0 Å². The molecular formula is C58H89N3O3. The summed E-state index contributed by atoms with van der Waals surface area (Å²) in [5.74, 6) is 7.12.